The lowest BCUT2D eigenvalue weighted by molar-refractivity contribution is -0.124. The second kappa shape index (κ2) is 8.98. The molecule has 0 radical (unpaired) electrons. The molecule has 3 N–H and O–H groups in total. The van der Waals surface area contributed by atoms with E-state index in [0.29, 0.717) is 19.5 Å². The molecule has 0 spiro atoms. The third-order valence-electron chi connectivity index (χ3n) is 2.63. The average molecular weight is 243 g/mol. The summed E-state index contributed by atoms with van der Waals surface area (Å²) in [5.74, 6) is -0.103. The fourth-order valence-electron chi connectivity index (χ4n) is 1.32. The van der Waals surface area contributed by atoms with E-state index in [-0.39, 0.29) is 23.8 Å². The molecule has 0 fully saturated rings. The molecule has 0 saturated heterocycles. The maximum absolute atomic E-state index is 11.5. The van der Waals surface area contributed by atoms with Crippen LogP contribution in [0.15, 0.2) is 0 Å². The highest BCUT2D eigenvalue weighted by atomic mass is 16.2. The summed E-state index contributed by atoms with van der Waals surface area (Å²) >= 11 is 0. The minimum atomic E-state index is -0.0716. The molecule has 0 aliphatic rings. The number of nitrogens with one attached hydrogen (secondary N) is 3. The van der Waals surface area contributed by atoms with E-state index in [1.54, 1.807) is 0 Å². The Morgan fingerprint density at radius 3 is 2.41 bits per heavy atom. The second-order valence-electron chi connectivity index (χ2n) is 4.38. The van der Waals surface area contributed by atoms with E-state index in [2.05, 4.69) is 16.0 Å². The first-order valence-electron chi connectivity index (χ1n) is 6.22. The summed E-state index contributed by atoms with van der Waals surface area (Å²) in [5.41, 5.74) is 0. The Balaban J connectivity index is 3.69. The van der Waals surface area contributed by atoms with Gasteiger partial charge in [-0.15, -0.1) is 0 Å². The highest BCUT2D eigenvalue weighted by molar-refractivity contribution is 5.80. The first-order valence-corrected chi connectivity index (χ1v) is 6.22. The van der Waals surface area contributed by atoms with Crippen molar-refractivity contribution in [2.24, 2.45) is 5.92 Å². The van der Waals surface area contributed by atoms with Crippen molar-refractivity contribution in [3.63, 3.8) is 0 Å². The van der Waals surface area contributed by atoms with Crippen LogP contribution in [0.4, 0.5) is 0 Å². The van der Waals surface area contributed by atoms with Gasteiger partial charge in [-0.05, 0) is 20.4 Å². The molecular weight excluding hydrogens is 218 g/mol. The van der Waals surface area contributed by atoms with Crippen molar-refractivity contribution in [2.75, 3.05) is 20.1 Å². The Hall–Kier alpha value is -1.10. The third kappa shape index (κ3) is 7.74. The van der Waals surface area contributed by atoms with E-state index >= 15 is 0 Å². The van der Waals surface area contributed by atoms with Gasteiger partial charge in [-0.1, -0.05) is 13.8 Å². The molecule has 0 heterocycles. The van der Waals surface area contributed by atoms with Gasteiger partial charge in [-0.2, -0.15) is 0 Å². The molecule has 17 heavy (non-hydrogen) atoms. The summed E-state index contributed by atoms with van der Waals surface area (Å²) in [5, 5.41) is 8.55. The van der Waals surface area contributed by atoms with Crippen molar-refractivity contribution in [1.29, 1.82) is 0 Å². The minimum absolute atomic E-state index is 0.0130. The molecule has 5 heteroatoms. The predicted molar refractivity (Wildman–Crippen MR) is 68.6 cm³/mol. The molecule has 100 valence electrons. The molecule has 0 aliphatic carbocycles. The van der Waals surface area contributed by atoms with E-state index in [9.17, 15) is 9.59 Å². The molecule has 0 rings (SSSR count). The van der Waals surface area contributed by atoms with E-state index in [4.69, 9.17) is 0 Å². The lowest BCUT2D eigenvalue weighted by Crippen LogP contribution is -2.38. The zero-order chi connectivity index (χ0) is 13.3. The maximum Gasteiger partial charge on any atom is 0.224 e. The fourth-order valence-corrected chi connectivity index (χ4v) is 1.32. The van der Waals surface area contributed by atoms with Crippen LogP contribution in [0.1, 0.15) is 33.6 Å². The lowest BCUT2D eigenvalue weighted by atomic mass is 10.1. The molecule has 0 aromatic heterocycles. The van der Waals surface area contributed by atoms with Crippen molar-refractivity contribution in [1.82, 2.24) is 16.0 Å². The van der Waals surface area contributed by atoms with Gasteiger partial charge < -0.3 is 16.0 Å². The topological polar surface area (TPSA) is 70.2 Å². The summed E-state index contributed by atoms with van der Waals surface area (Å²) in [4.78, 5) is 22.9. The Kier molecular flexibility index (Phi) is 8.40. The van der Waals surface area contributed by atoms with Gasteiger partial charge in [-0.3, -0.25) is 9.59 Å². The number of rotatable bonds is 8. The van der Waals surface area contributed by atoms with Crippen LogP contribution in [0.2, 0.25) is 0 Å². The number of amides is 2. The first-order chi connectivity index (χ1) is 8.01. The maximum atomic E-state index is 11.5. The molecule has 5 nitrogen and oxygen atoms in total. The monoisotopic (exact) mass is 243 g/mol. The van der Waals surface area contributed by atoms with E-state index < -0.39 is 0 Å². The summed E-state index contributed by atoms with van der Waals surface area (Å²) in [6, 6.07) is 0.196. The fraction of sp³-hybridized carbons (Fsp3) is 0.833. The molecular formula is C12H25N3O2. The van der Waals surface area contributed by atoms with Crippen LogP contribution in [0.3, 0.4) is 0 Å². The molecule has 0 bridgehead atoms. The van der Waals surface area contributed by atoms with Gasteiger partial charge in [0.1, 0.15) is 0 Å². The highest BCUT2D eigenvalue weighted by Gasteiger charge is 2.11. The van der Waals surface area contributed by atoms with Gasteiger partial charge in [0.2, 0.25) is 11.8 Å². The van der Waals surface area contributed by atoms with E-state index in [1.807, 2.05) is 27.8 Å². The standard InChI is InChI=1S/C12H25N3O2/c1-5-10(3)15-11(16)6-7-14-12(17)9(2)8-13-4/h9-10,13H,5-8H2,1-4H3,(H,14,17)(H,15,16). The quantitative estimate of drug-likeness (QED) is 0.573. The Labute approximate surface area is 104 Å². The van der Waals surface area contributed by atoms with Gasteiger partial charge in [0.05, 0.1) is 0 Å². The zero-order valence-electron chi connectivity index (χ0n) is 11.3. The summed E-state index contributed by atoms with van der Waals surface area (Å²) in [6.45, 7) is 6.88. The van der Waals surface area contributed by atoms with E-state index in [0.717, 1.165) is 6.42 Å². The molecule has 0 saturated carbocycles. The molecule has 2 atom stereocenters. The van der Waals surface area contributed by atoms with Crippen LogP contribution in [0.25, 0.3) is 0 Å². The Bertz CT molecular complexity index is 244. The van der Waals surface area contributed by atoms with Crippen molar-refractivity contribution >= 4 is 11.8 Å². The Morgan fingerprint density at radius 2 is 1.88 bits per heavy atom. The molecule has 0 aliphatic heterocycles. The molecule has 2 unspecified atom stereocenters. The Morgan fingerprint density at radius 1 is 1.24 bits per heavy atom. The van der Waals surface area contributed by atoms with Crippen LogP contribution >= 0.6 is 0 Å². The minimum Gasteiger partial charge on any atom is -0.355 e. The molecule has 2 amide bonds. The molecule has 0 aromatic rings. The van der Waals surface area contributed by atoms with Crippen LogP contribution in [-0.2, 0) is 9.59 Å². The lowest BCUT2D eigenvalue weighted by Gasteiger charge is -2.13. The van der Waals surface area contributed by atoms with Crippen LogP contribution in [0, 0.1) is 5.92 Å². The largest absolute Gasteiger partial charge is 0.355 e. The zero-order valence-corrected chi connectivity index (χ0v) is 11.3. The van der Waals surface area contributed by atoms with Gasteiger partial charge >= 0.3 is 0 Å². The smallest absolute Gasteiger partial charge is 0.224 e. The second-order valence-corrected chi connectivity index (χ2v) is 4.38. The van der Waals surface area contributed by atoms with Crippen molar-refractivity contribution < 1.29 is 9.59 Å². The normalized spacial score (nSPS) is 13.9. The van der Waals surface area contributed by atoms with Crippen molar-refractivity contribution in [2.45, 2.75) is 39.7 Å². The van der Waals surface area contributed by atoms with Gasteiger partial charge in [0.15, 0.2) is 0 Å². The summed E-state index contributed by atoms with van der Waals surface area (Å²) in [7, 11) is 1.81. The van der Waals surface area contributed by atoms with Crippen molar-refractivity contribution in [3.05, 3.63) is 0 Å². The molecule has 0 aromatic carbocycles. The summed E-state index contributed by atoms with van der Waals surface area (Å²) < 4.78 is 0. The van der Waals surface area contributed by atoms with Crippen LogP contribution in [-0.4, -0.2) is 38.0 Å². The SMILES string of the molecule is CCC(C)NC(=O)CCNC(=O)C(C)CNC. The number of hydrogen-bond acceptors (Lipinski definition) is 3. The van der Waals surface area contributed by atoms with Crippen molar-refractivity contribution in [3.8, 4) is 0 Å². The van der Waals surface area contributed by atoms with Crippen LogP contribution < -0.4 is 16.0 Å². The van der Waals surface area contributed by atoms with Gasteiger partial charge in [-0.25, -0.2) is 0 Å². The predicted octanol–water partition coefficient (Wildman–Crippen LogP) is 0.263. The highest BCUT2D eigenvalue weighted by Crippen LogP contribution is 1.93. The first kappa shape index (κ1) is 15.9. The van der Waals surface area contributed by atoms with E-state index in [1.165, 1.54) is 0 Å². The van der Waals surface area contributed by atoms with Crippen LogP contribution in [0.5, 0.6) is 0 Å². The summed E-state index contributed by atoms with van der Waals surface area (Å²) in [6.07, 6.45) is 1.25. The number of hydrogen-bond donors (Lipinski definition) is 3. The third-order valence-corrected chi connectivity index (χ3v) is 2.63. The van der Waals surface area contributed by atoms with Gasteiger partial charge in [0, 0.05) is 31.5 Å². The van der Waals surface area contributed by atoms with Gasteiger partial charge in [0.25, 0.3) is 0 Å². The number of carbonyl (C=O) groups is 2. The number of carbonyl (C=O) groups excluding carboxylic acids is 2. The average Bonchev–Trinajstić information content (AvgIpc) is 2.28.